The average Bonchev–Trinajstić information content (AvgIpc) is 2.85. The molecule has 1 unspecified atom stereocenters. The number of hydrogen-bond acceptors (Lipinski definition) is 5. The quantitative estimate of drug-likeness (QED) is 0.927. The van der Waals surface area contributed by atoms with Gasteiger partial charge < -0.3 is 10.0 Å². The summed E-state index contributed by atoms with van der Waals surface area (Å²) in [5.41, 5.74) is 2.33. The molecule has 2 aromatic rings. The SMILES string of the molecule is CN(c1cc(CO)nc2ccccc12)C1CCS(=O)(=O)C1. The van der Waals surface area contributed by atoms with E-state index in [1.165, 1.54) is 0 Å². The summed E-state index contributed by atoms with van der Waals surface area (Å²) in [5, 5.41) is 10.3. The molecule has 1 aliphatic rings. The normalized spacial score (nSPS) is 20.8. The topological polar surface area (TPSA) is 70.5 Å². The highest BCUT2D eigenvalue weighted by molar-refractivity contribution is 7.91. The lowest BCUT2D eigenvalue weighted by atomic mass is 10.1. The first kappa shape index (κ1) is 14.3. The van der Waals surface area contributed by atoms with E-state index < -0.39 is 9.84 Å². The second-order valence-corrected chi connectivity index (χ2v) is 7.70. The minimum atomic E-state index is -2.92. The van der Waals surface area contributed by atoms with Crippen LogP contribution in [0.25, 0.3) is 10.9 Å². The Balaban J connectivity index is 2.06. The van der Waals surface area contributed by atoms with Crippen LogP contribution in [0.4, 0.5) is 5.69 Å². The Kier molecular flexibility index (Phi) is 3.59. The van der Waals surface area contributed by atoms with Crippen molar-refractivity contribution in [1.29, 1.82) is 0 Å². The maximum Gasteiger partial charge on any atom is 0.152 e. The van der Waals surface area contributed by atoms with Gasteiger partial charge in [-0.05, 0) is 18.6 Å². The van der Waals surface area contributed by atoms with Crippen LogP contribution >= 0.6 is 0 Å². The number of aliphatic hydroxyl groups is 1. The van der Waals surface area contributed by atoms with Gasteiger partial charge in [-0.2, -0.15) is 0 Å². The predicted octanol–water partition coefficient (Wildman–Crippen LogP) is 1.35. The van der Waals surface area contributed by atoms with Gasteiger partial charge in [0.15, 0.2) is 9.84 Å². The summed E-state index contributed by atoms with van der Waals surface area (Å²) in [4.78, 5) is 6.40. The standard InChI is InChI=1S/C15H18N2O3S/c1-17(12-6-7-21(19,20)10-12)15-8-11(9-18)16-14-5-3-2-4-13(14)15/h2-5,8,12,18H,6-7,9-10H2,1H3. The van der Waals surface area contributed by atoms with Gasteiger partial charge in [0.1, 0.15) is 0 Å². The molecule has 0 saturated carbocycles. The highest BCUT2D eigenvalue weighted by Crippen LogP contribution is 2.30. The van der Waals surface area contributed by atoms with Crippen molar-refractivity contribution in [2.75, 3.05) is 23.5 Å². The fourth-order valence-electron chi connectivity index (χ4n) is 2.86. The van der Waals surface area contributed by atoms with Crippen LogP contribution in [0.2, 0.25) is 0 Å². The first-order chi connectivity index (χ1) is 10.00. The van der Waals surface area contributed by atoms with Crippen LogP contribution in [0.5, 0.6) is 0 Å². The zero-order valence-corrected chi connectivity index (χ0v) is 12.7. The van der Waals surface area contributed by atoms with E-state index in [0.717, 1.165) is 16.6 Å². The minimum absolute atomic E-state index is 0.0210. The molecule has 1 N–H and O–H groups in total. The molecule has 0 bridgehead atoms. The largest absolute Gasteiger partial charge is 0.390 e. The summed E-state index contributed by atoms with van der Waals surface area (Å²) >= 11 is 0. The van der Waals surface area contributed by atoms with E-state index >= 15 is 0 Å². The summed E-state index contributed by atoms with van der Waals surface area (Å²) in [6, 6.07) is 9.53. The number of fused-ring (bicyclic) bond motifs is 1. The number of para-hydroxylation sites is 1. The molecule has 1 aromatic carbocycles. The van der Waals surface area contributed by atoms with Gasteiger partial charge in [0.05, 0.1) is 29.3 Å². The molecule has 2 heterocycles. The maximum atomic E-state index is 11.7. The van der Waals surface area contributed by atoms with E-state index in [-0.39, 0.29) is 24.2 Å². The third-order valence-corrected chi connectivity index (χ3v) is 5.80. The van der Waals surface area contributed by atoms with Gasteiger partial charge in [0, 0.05) is 24.2 Å². The van der Waals surface area contributed by atoms with Gasteiger partial charge in [-0.1, -0.05) is 18.2 Å². The Morgan fingerprint density at radius 2 is 2.14 bits per heavy atom. The van der Waals surface area contributed by atoms with Gasteiger partial charge in [-0.25, -0.2) is 8.42 Å². The molecule has 0 aliphatic carbocycles. The summed E-state index contributed by atoms with van der Waals surface area (Å²) in [6.45, 7) is -0.130. The molecule has 0 amide bonds. The van der Waals surface area contributed by atoms with Crippen LogP contribution in [-0.2, 0) is 16.4 Å². The van der Waals surface area contributed by atoms with Crippen LogP contribution < -0.4 is 4.90 Å². The molecule has 6 heteroatoms. The smallest absolute Gasteiger partial charge is 0.152 e. The van der Waals surface area contributed by atoms with Gasteiger partial charge in [0.2, 0.25) is 0 Å². The summed E-state index contributed by atoms with van der Waals surface area (Å²) in [7, 11) is -1.01. The number of aliphatic hydroxyl groups excluding tert-OH is 1. The van der Waals surface area contributed by atoms with Gasteiger partial charge in [0.25, 0.3) is 0 Å². The number of sulfone groups is 1. The molecular formula is C15H18N2O3S. The van der Waals surface area contributed by atoms with Crippen LogP contribution in [0, 0.1) is 0 Å². The average molecular weight is 306 g/mol. The van der Waals surface area contributed by atoms with Crippen molar-refractivity contribution < 1.29 is 13.5 Å². The number of anilines is 1. The first-order valence-corrected chi connectivity index (χ1v) is 8.75. The molecule has 1 atom stereocenters. The fraction of sp³-hybridized carbons (Fsp3) is 0.400. The number of aromatic nitrogens is 1. The van der Waals surface area contributed by atoms with E-state index in [1.807, 2.05) is 42.3 Å². The first-order valence-electron chi connectivity index (χ1n) is 6.93. The molecule has 3 rings (SSSR count). The molecular weight excluding hydrogens is 288 g/mol. The van der Waals surface area contributed by atoms with E-state index in [2.05, 4.69) is 4.98 Å². The number of pyridine rings is 1. The number of benzene rings is 1. The van der Waals surface area contributed by atoms with Crippen molar-refractivity contribution in [2.45, 2.75) is 19.1 Å². The Morgan fingerprint density at radius 3 is 2.81 bits per heavy atom. The second-order valence-electron chi connectivity index (χ2n) is 5.48. The molecule has 1 aliphatic heterocycles. The van der Waals surface area contributed by atoms with E-state index in [4.69, 9.17) is 0 Å². The lowest BCUT2D eigenvalue weighted by Crippen LogP contribution is -2.32. The molecule has 0 radical (unpaired) electrons. The summed E-state index contributed by atoms with van der Waals surface area (Å²) in [6.07, 6.45) is 0.643. The Morgan fingerprint density at radius 1 is 1.38 bits per heavy atom. The Bertz CT molecular complexity index is 774. The fourth-order valence-corrected chi connectivity index (χ4v) is 4.64. The van der Waals surface area contributed by atoms with Gasteiger partial charge in [-0.3, -0.25) is 4.98 Å². The molecule has 1 aromatic heterocycles. The third-order valence-electron chi connectivity index (χ3n) is 4.05. The Labute approximate surface area is 124 Å². The lowest BCUT2D eigenvalue weighted by molar-refractivity contribution is 0.277. The zero-order valence-electron chi connectivity index (χ0n) is 11.9. The molecule has 1 saturated heterocycles. The van der Waals surface area contributed by atoms with Crippen molar-refractivity contribution in [3.63, 3.8) is 0 Å². The number of rotatable bonds is 3. The molecule has 21 heavy (non-hydrogen) atoms. The molecule has 1 fully saturated rings. The molecule has 112 valence electrons. The number of nitrogens with zero attached hydrogens (tertiary/aromatic N) is 2. The van der Waals surface area contributed by atoms with E-state index in [1.54, 1.807) is 0 Å². The predicted molar refractivity (Wildman–Crippen MR) is 83.1 cm³/mol. The molecule has 0 spiro atoms. The highest BCUT2D eigenvalue weighted by atomic mass is 32.2. The maximum absolute atomic E-state index is 11.7. The molecule has 5 nitrogen and oxygen atoms in total. The van der Waals surface area contributed by atoms with E-state index in [0.29, 0.717) is 12.1 Å². The Hall–Kier alpha value is -1.66. The van der Waals surface area contributed by atoms with Gasteiger partial charge >= 0.3 is 0 Å². The minimum Gasteiger partial charge on any atom is -0.390 e. The summed E-state index contributed by atoms with van der Waals surface area (Å²) < 4.78 is 23.4. The van der Waals surface area contributed by atoms with Crippen LogP contribution in [0.3, 0.4) is 0 Å². The van der Waals surface area contributed by atoms with Crippen molar-refractivity contribution in [1.82, 2.24) is 4.98 Å². The summed E-state index contributed by atoms with van der Waals surface area (Å²) in [5.74, 6) is 0.437. The van der Waals surface area contributed by atoms with Crippen LogP contribution in [0.1, 0.15) is 12.1 Å². The van der Waals surface area contributed by atoms with E-state index in [9.17, 15) is 13.5 Å². The number of hydrogen-bond donors (Lipinski definition) is 1. The third kappa shape index (κ3) is 2.73. The zero-order chi connectivity index (χ0) is 15.0. The van der Waals surface area contributed by atoms with Crippen molar-refractivity contribution in [3.8, 4) is 0 Å². The van der Waals surface area contributed by atoms with Gasteiger partial charge in [-0.15, -0.1) is 0 Å². The lowest BCUT2D eigenvalue weighted by Gasteiger charge is -2.27. The van der Waals surface area contributed by atoms with Crippen molar-refractivity contribution in [3.05, 3.63) is 36.0 Å². The van der Waals surface area contributed by atoms with Crippen molar-refractivity contribution >= 4 is 26.4 Å². The van der Waals surface area contributed by atoms with Crippen LogP contribution in [0.15, 0.2) is 30.3 Å². The monoisotopic (exact) mass is 306 g/mol. The van der Waals surface area contributed by atoms with Crippen LogP contribution in [-0.4, -0.2) is 43.1 Å². The van der Waals surface area contributed by atoms with Crippen molar-refractivity contribution in [2.24, 2.45) is 0 Å². The second kappa shape index (κ2) is 5.27. The highest BCUT2D eigenvalue weighted by Gasteiger charge is 2.31.